The van der Waals surface area contributed by atoms with Gasteiger partial charge >= 0.3 is 0 Å². The number of aromatic nitrogens is 1. The number of amides is 10. The molecule has 474 valence electrons. The maximum atomic E-state index is 15.1. The van der Waals surface area contributed by atoms with Crippen LogP contribution < -0.4 is 59.3 Å². The smallest absolute Gasteiger partial charge is 0.270 e. The highest BCUT2D eigenvalue weighted by Crippen LogP contribution is 2.25. The van der Waals surface area contributed by atoms with Crippen LogP contribution in [0.15, 0.2) is 121 Å². The second-order valence-corrected chi connectivity index (χ2v) is 24.1. The molecule has 1 aromatic heterocycles. The van der Waals surface area contributed by atoms with Crippen LogP contribution in [0.25, 0.3) is 0 Å². The number of hydrogen-bond acceptors (Lipinski definition) is 17. The SMILES string of the molecule is CNCCCC[C@@H]1NC(=O)[C@@H](Cc2ccc(C(N)=O)cc2)NC(=O)[C@H](Cc2ccc(O)cc2)NC(=O)[C@H](NC(=O)[C@H](Cc2ccc(Cl)cc2)NC(=O)c2ccccn2)CSSC[C@@H](C(=O)N[C@H](CCc2ccc(O)cc2)C(N)=O)NC(=O)[C@H]([C@@H](C)O)NC1=O. The van der Waals surface area contributed by atoms with E-state index in [1.165, 1.54) is 79.9 Å². The molecule has 0 radical (unpaired) electrons. The van der Waals surface area contributed by atoms with Gasteiger partial charge in [-0.3, -0.25) is 52.9 Å². The average Bonchev–Trinajstić information content (AvgIpc) is 3.47. The number of carbonyl (C=O) groups excluding carboxylic acids is 10. The fraction of sp³-hybridized carbons (Fsp3) is 0.361. The Bertz CT molecular complexity index is 3240. The summed E-state index contributed by atoms with van der Waals surface area (Å²) < 4.78 is 0. The van der Waals surface area contributed by atoms with E-state index in [4.69, 9.17) is 23.1 Å². The number of rotatable bonds is 23. The zero-order valence-corrected chi connectivity index (χ0v) is 51.1. The number of primary amides is 2. The molecule has 16 N–H and O–H groups in total. The molecule has 1 aliphatic heterocycles. The van der Waals surface area contributed by atoms with E-state index < -0.39 is 114 Å². The van der Waals surface area contributed by atoms with Gasteiger partial charge in [0.1, 0.15) is 65.5 Å². The monoisotopic (exact) mass is 1280 g/mol. The number of pyridine rings is 1. The van der Waals surface area contributed by atoms with E-state index in [1.807, 2.05) is 0 Å². The molecule has 28 heteroatoms. The van der Waals surface area contributed by atoms with Gasteiger partial charge in [0, 0.05) is 47.6 Å². The summed E-state index contributed by atoms with van der Waals surface area (Å²) in [6.07, 6.45) is 0.100. The Balaban J connectivity index is 1.43. The van der Waals surface area contributed by atoms with Crippen molar-refractivity contribution in [2.24, 2.45) is 11.5 Å². The predicted molar refractivity (Wildman–Crippen MR) is 335 cm³/mol. The number of unbranched alkanes of at least 4 members (excludes halogenated alkanes) is 1. The fourth-order valence-electron chi connectivity index (χ4n) is 9.18. The number of phenolic OH excluding ortho intramolecular Hbond substituents is 2. The second-order valence-electron chi connectivity index (χ2n) is 21.1. The molecule has 1 fully saturated rings. The van der Waals surface area contributed by atoms with Gasteiger partial charge in [-0.15, -0.1) is 0 Å². The van der Waals surface area contributed by atoms with Crippen molar-refractivity contribution in [3.05, 3.63) is 160 Å². The molecule has 1 saturated heterocycles. The van der Waals surface area contributed by atoms with Crippen LogP contribution in [0.2, 0.25) is 5.02 Å². The van der Waals surface area contributed by atoms with Crippen molar-refractivity contribution in [2.75, 3.05) is 25.1 Å². The molecule has 10 amide bonds. The number of halogens is 1. The number of aryl methyl sites for hydroxylation is 1. The van der Waals surface area contributed by atoms with Gasteiger partial charge < -0.3 is 74.6 Å². The molecular weight excluding hydrogens is 1210 g/mol. The highest BCUT2D eigenvalue weighted by molar-refractivity contribution is 8.76. The third-order valence-corrected chi connectivity index (χ3v) is 16.9. The van der Waals surface area contributed by atoms with Crippen LogP contribution in [0.3, 0.4) is 0 Å². The molecule has 25 nitrogen and oxygen atoms in total. The molecule has 0 bridgehead atoms. The van der Waals surface area contributed by atoms with Crippen molar-refractivity contribution >= 4 is 92.3 Å². The normalized spacial score (nSPS) is 19.9. The topological polar surface area (TPSA) is 405 Å². The molecule has 0 unspecified atom stereocenters. The summed E-state index contributed by atoms with van der Waals surface area (Å²) >= 11 is 6.19. The summed E-state index contributed by atoms with van der Waals surface area (Å²) in [6, 6.07) is 16.6. The van der Waals surface area contributed by atoms with Crippen LogP contribution >= 0.6 is 33.2 Å². The van der Waals surface area contributed by atoms with Crippen molar-refractivity contribution in [3.8, 4) is 11.5 Å². The minimum Gasteiger partial charge on any atom is -0.508 e. The lowest BCUT2D eigenvalue weighted by molar-refractivity contribution is -0.136. The van der Waals surface area contributed by atoms with Gasteiger partial charge in [-0.1, -0.05) is 87.8 Å². The number of aliphatic hydroxyl groups excluding tert-OH is 1. The molecule has 0 spiro atoms. The number of phenols is 2. The lowest BCUT2D eigenvalue weighted by Crippen LogP contribution is -2.62. The second kappa shape index (κ2) is 34.7. The van der Waals surface area contributed by atoms with E-state index in [1.54, 1.807) is 55.6 Å². The van der Waals surface area contributed by atoms with E-state index in [9.17, 15) is 58.5 Å². The molecule has 5 aromatic rings. The number of aromatic hydroxyl groups is 2. The number of aliphatic hydroxyl groups is 1. The maximum Gasteiger partial charge on any atom is 0.270 e. The van der Waals surface area contributed by atoms with Crippen LogP contribution in [-0.2, 0) is 64.0 Å². The van der Waals surface area contributed by atoms with Crippen molar-refractivity contribution in [1.82, 2.24) is 52.8 Å². The van der Waals surface area contributed by atoms with E-state index in [0.717, 1.165) is 21.6 Å². The summed E-state index contributed by atoms with van der Waals surface area (Å²) in [5.74, 6) is -9.79. The van der Waals surface area contributed by atoms with E-state index in [2.05, 4.69) is 52.8 Å². The first-order valence-corrected chi connectivity index (χ1v) is 31.3. The van der Waals surface area contributed by atoms with Crippen LogP contribution in [0.4, 0.5) is 0 Å². The van der Waals surface area contributed by atoms with E-state index in [-0.39, 0.29) is 72.8 Å². The van der Waals surface area contributed by atoms with Crippen LogP contribution in [0.1, 0.15) is 75.7 Å². The predicted octanol–water partition coefficient (Wildman–Crippen LogP) is 0.749. The number of nitrogens with zero attached hydrogens (tertiary/aromatic N) is 1. The van der Waals surface area contributed by atoms with Crippen molar-refractivity contribution in [1.29, 1.82) is 0 Å². The zero-order chi connectivity index (χ0) is 64.6. The average molecular weight is 1280 g/mol. The first-order valence-electron chi connectivity index (χ1n) is 28.5. The Hall–Kier alpha value is -8.76. The summed E-state index contributed by atoms with van der Waals surface area (Å²) in [6.45, 7) is 1.72. The van der Waals surface area contributed by atoms with E-state index >= 15 is 4.79 Å². The van der Waals surface area contributed by atoms with E-state index in [0.29, 0.717) is 46.7 Å². The highest BCUT2D eigenvalue weighted by atomic mass is 35.5. The third-order valence-electron chi connectivity index (χ3n) is 14.2. The van der Waals surface area contributed by atoms with Gasteiger partial charge in [-0.2, -0.15) is 0 Å². The van der Waals surface area contributed by atoms with Crippen molar-refractivity contribution in [2.45, 2.75) is 113 Å². The Morgan fingerprint density at radius 3 is 1.79 bits per heavy atom. The fourth-order valence-corrected chi connectivity index (χ4v) is 11.6. The number of nitrogens with two attached hydrogens (primary N) is 2. The highest BCUT2D eigenvalue weighted by Gasteiger charge is 2.37. The zero-order valence-electron chi connectivity index (χ0n) is 48.7. The van der Waals surface area contributed by atoms with Gasteiger partial charge in [0.2, 0.25) is 53.2 Å². The number of carbonyl (C=O) groups is 10. The molecule has 9 atom stereocenters. The molecule has 4 aromatic carbocycles. The molecule has 0 aliphatic carbocycles. The van der Waals surface area contributed by atoms with Crippen LogP contribution in [0.5, 0.6) is 11.5 Å². The van der Waals surface area contributed by atoms with Gasteiger partial charge in [-0.25, -0.2) is 0 Å². The Labute approximate surface area is 526 Å². The number of benzene rings is 4. The minimum absolute atomic E-state index is 0.00367. The van der Waals surface area contributed by atoms with Gasteiger partial charge in [-0.05, 0) is 136 Å². The molecule has 2 heterocycles. The quantitative estimate of drug-likeness (QED) is 0.0317. The molecule has 89 heavy (non-hydrogen) atoms. The lowest BCUT2D eigenvalue weighted by Gasteiger charge is -2.29. The largest absolute Gasteiger partial charge is 0.508 e. The first kappa shape index (κ1) is 69.3. The number of hydrogen-bond donors (Lipinski definition) is 14. The minimum atomic E-state index is -1.78. The van der Waals surface area contributed by atoms with Gasteiger partial charge in [0.25, 0.3) is 5.91 Å². The van der Waals surface area contributed by atoms with Crippen molar-refractivity contribution in [3.63, 3.8) is 0 Å². The molecule has 6 rings (SSSR count). The van der Waals surface area contributed by atoms with Crippen molar-refractivity contribution < 1.29 is 63.3 Å². The summed E-state index contributed by atoms with van der Waals surface area (Å²) in [4.78, 5) is 146. The number of nitrogens with one attached hydrogen (secondary N) is 9. The lowest BCUT2D eigenvalue weighted by atomic mass is 10.00. The summed E-state index contributed by atoms with van der Waals surface area (Å²) in [5, 5.41) is 55.9. The third kappa shape index (κ3) is 22.4. The van der Waals surface area contributed by atoms with Crippen LogP contribution in [-0.4, -0.2) is 159 Å². The Morgan fingerprint density at radius 2 is 1.21 bits per heavy atom. The Kier molecular flexibility index (Phi) is 27.0. The molecule has 0 saturated carbocycles. The molecule has 1 aliphatic rings. The Morgan fingerprint density at radius 1 is 0.652 bits per heavy atom. The van der Waals surface area contributed by atoms with Gasteiger partial charge in [0.15, 0.2) is 0 Å². The maximum absolute atomic E-state index is 15.1. The molecular formula is C61H73ClN12O13S2. The van der Waals surface area contributed by atoms with Crippen LogP contribution in [0, 0.1) is 0 Å². The summed E-state index contributed by atoms with van der Waals surface area (Å²) in [5.41, 5.74) is 13.5. The van der Waals surface area contributed by atoms with Gasteiger partial charge in [0.05, 0.1) is 6.10 Å². The standard InChI is InChI=1S/C61H73ClN12O13S2/c1-34(75)51-61(87)73-50(59(85)67-43(53(64)79)26-17-35-13-22-41(76)23-14-35)33-89-88-32-49(72-58(84)48(30-37-11-20-40(62)21-12-37)69-54(80)44-7-4-6-28-66-44)60(86)71-47(31-38-15-24-42(77)25-16-38)57(83)70-46(29-36-9-18-39(19-10-36)52(63)78)56(82)68-45(55(81)74-51)8-3-5-27-65-2/h4,6-7,9-16,18-25,28,34,43,45-51,65,75-77H,3,5,8,17,26-27,29-33H2,1-2H3,(H2,63,78)(H2,64,79)(H,67,85)(H,68,82)(H,69,80)(H,70,83)(H,71,86)(H,72,84)(H,73,87)(H,74,81)/t34-,43-,45+,46-,47+,48+,49-,50+,51+/m1/s1. The summed E-state index contributed by atoms with van der Waals surface area (Å²) in [7, 11) is 3.57. The first-order chi connectivity index (χ1) is 42.6.